The average Bonchev–Trinajstić information content (AvgIpc) is 2.45. The molecule has 1 amide bonds. The lowest BCUT2D eigenvalue weighted by molar-refractivity contribution is -0.137. The first kappa shape index (κ1) is 15.4. The summed E-state index contributed by atoms with van der Waals surface area (Å²) >= 11 is 0. The second kappa shape index (κ2) is 6.61. The third-order valence-corrected chi connectivity index (χ3v) is 3.82. The van der Waals surface area contributed by atoms with Crippen LogP contribution in [0.3, 0.4) is 0 Å². The maximum Gasteiger partial charge on any atom is 0.305 e. The molecule has 1 aromatic rings. The standard InChI is InChI=1S/C16H22N2O3/c1-10(2)14(9-15(19)20)18-16(21)12-5-6-13-11(8-12)4-3-7-17-13/h5-6,8,10,14,17H,3-4,7,9H2,1-2H3,(H,18,21)(H,19,20). The summed E-state index contributed by atoms with van der Waals surface area (Å²) in [5, 5.41) is 15.0. The highest BCUT2D eigenvalue weighted by Crippen LogP contribution is 2.23. The van der Waals surface area contributed by atoms with E-state index in [-0.39, 0.29) is 24.3 Å². The van der Waals surface area contributed by atoms with E-state index in [0.717, 1.165) is 30.6 Å². The molecule has 2 rings (SSSR count). The van der Waals surface area contributed by atoms with Gasteiger partial charge in [-0.15, -0.1) is 0 Å². The lowest BCUT2D eigenvalue weighted by Crippen LogP contribution is -2.40. The number of fused-ring (bicyclic) bond motifs is 1. The van der Waals surface area contributed by atoms with Crippen molar-refractivity contribution in [1.82, 2.24) is 5.32 Å². The number of carboxylic acid groups (broad SMARTS) is 1. The zero-order valence-corrected chi connectivity index (χ0v) is 12.5. The smallest absolute Gasteiger partial charge is 0.305 e. The number of aryl methyl sites for hydroxylation is 1. The molecule has 5 heteroatoms. The molecule has 21 heavy (non-hydrogen) atoms. The van der Waals surface area contributed by atoms with Gasteiger partial charge in [-0.25, -0.2) is 0 Å². The Labute approximate surface area is 124 Å². The predicted octanol–water partition coefficient (Wildman–Crippen LogP) is 2.27. The van der Waals surface area contributed by atoms with Gasteiger partial charge in [0.25, 0.3) is 5.91 Å². The molecule has 0 saturated carbocycles. The van der Waals surface area contributed by atoms with Crippen LogP contribution in [0.15, 0.2) is 18.2 Å². The second-order valence-corrected chi connectivity index (χ2v) is 5.82. The van der Waals surface area contributed by atoms with Gasteiger partial charge in [-0.1, -0.05) is 13.8 Å². The highest BCUT2D eigenvalue weighted by atomic mass is 16.4. The minimum atomic E-state index is -0.899. The number of benzene rings is 1. The van der Waals surface area contributed by atoms with Crippen molar-refractivity contribution in [3.8, 4) is 0 Å². The predicted molar refractivity (Wildman–Crippen MR) is 81.6 cm³/mol. The fourth-order valence-corrected chi connectivity index (χ4v) is 2.51. The number of carbonyl (C=O) groups excluding carboxylic acids is 1. The Hall–Kier alpha value is -2.04. The molecule has 5 nitrogen and oxygen atoms in total. The van der Waals surface area contributed by atoms with E-state index < -0.39 is 5.97 Å². The Balaban J connectivity index is 2.10. The van der Waals surface area contributed by atoms with Gasteiger partial charge < -0.3 is 15.7 Å². The number of aliphatic carboxylic acids is 1. The van der Waals surface area contributed by atoms with Gasteiger partial charge in [0.1, 0.15) is 0 Å². The van der Waals surface area contributed by atoms with E-state index >= 15 is 0 Å². The molecule has 114 valence electrons. The number of carboxylic acids is 1. The van der Waals surface area contributed by atoms with Crippen LogP contribution < -0.4 is 10.6 Å². The first-order valence-electron chi connectivity index (χ1n) is 7.37. The molecule has 0 aromatic heterocycles. The summed E-state index contributed by atoms with van der Waals surface area (Å²) < 4.78 is 0. The number of amides is 1. The first-order chi connectivity index (χ1) is 9.97. The normalized spacial score (nSPS) is 15.0. The monoisotopic (exact) mass is 290 g/mol. The van der Waals surface area contributed by atoms with E-state index in [1.807, 2.05) is 26.0 Å². The number of hydrogen-bond acceptors (Lipinski definition) is 3. The van der Waals surface area contributed by atoms with Gasteiger partial charge in [0.05, 0.1) is 6.42 Å². The van der Waals surface area contributed by atoms with Crippen molar-refractivity contribution < 1.29 is 14.7 Å². The van der Waals surface area contributed by atoms with E-state index in [1.54, 1.807) is 6.07 Å². The van der Waals surface area contributed by atoms with Crippen LogP contribution in [-0.2, 0) is 11.2 Å². The molecule has 1 heterocycles. The van der Waals surface area contributed by atoms with Crippen LogP contribution in [0.4, 0.5) is 5.69 Å². The molecule has 3 N–H and O–H groups in total. The van der Waals surface area contributed by atoms with Gasteiger partial charge in [-0.05, 0) is 42.5 Å². The van der Waals surface area contributed by atoms with Crippen LogP contribution in [-0.4, -0.2) is 29.6 Å². The summed E-state index contributed by atoms with van der Waals surface area (Å²) in [6.45, 7) is 4.78. The van der Waals surface area contributed by atoms with Crippen LogP contribution in [0.2, 0.25) is 0 Å². The quantitative estimate of drug-likeness (QED) is 0.777. The minimum absolute atomic E-state index is 0.0596. The lowest BCUT2D eigenvalue weighted by Gasteiger charge is -2.22. The molecule has 0 bridgehead atoms. The van der Waals surface area contributed by atoms with Crippen LogP contribution in [0.5, 0.6) is 0 Å². The Morgan fingerprint density at radius 3 is 2.81 bits per heavy atom. The first-order valence-corrected chi connectivity index (χ1v) is 7.37. The van der Waals surface area contributed by atoms with Gasteiger partial charge in [0.15, 0.2) is 0 Å². The van der Waals surface area contributed by atoms with Crippen molar-refractivity contribution in [2.24, 2.45) is 5.92 Å². The molecular weight excluding hydrogens is 268 g/mol. The molecule has 0 spiro atoms. The fourth-order valence-electron chi connectivity index (χ4n) is 2.51. The van der Waals surface area contributed by atoms with Crippen LogP contribution in [0, 0.1) is 5.92 Å². The van der Waals surface area contributed by atoms with Gasteiger partial charge in [0.2, 0.25) is 0 Å². The summed E-state index contributed by atoms with van der Waals surface area (Å²) in [7, 11) is 0. The summed E-state index contributed by atoms with van der Waals surface area (Å²) in [5.41, 5.74) is 2.82. The largest absolute Gasteiger partial charge is 0.481 e. The Kier molecular flexibility index (Phi) is 4.83. The third kappa shape index (κ3) is 3.97. The summed E-state index contributed by atoms with van der Waals surface area (Å²) in [6, 6.07) is 5.24. The van der Waals surface area contributed by atoms with Crippen molar-refractivity contribution >= 4 is 17.6 Å². The highest BCUT2D eigenvalue weighted by molar-refractivity contribution is 5.95. The number of nitrogens with one attached hydrogen (secondary N) is 2. The van der Waals surface area contributed by atoms with Crippen LogP contribution in [0.25, 0.3) is 0 Å². The highest BCUT2D eigenvalue weighted by Gasteiger charge is 2.21. The summed E-state index contributed by atoms with van der Waals surface area (Å²) in [5.74, 6) is -1.03. The average molecular weight is 290 g/mol. The topological polar surface area (TPSA) is 78.4 Å². The van der Waals surface area contributed by atoms with Crippen molar-refractivity contribution in [3.63, 3.8) is 0 Å². The maximum absolute atomic E-state index is 12.3. The summed E-state index contributed by atoms with van der Waals surface area (Å²) in [4.78, 5) is 23.2. The molecule has 0 saturated heterocycles. The summed E-state index contributed by atoms with van der Waals surface area (Å²) in [6.07, 6.45) is 1.97. The molecular formula is C16H22N2O3. The van der Waals surface area contributed by atoms with Gasteiger partial charge in [-0.3, -0.25) is 9.59 Å². The van der Waals surface area contributed by atoms with Crippen LogP contribution in [0.1, 0.15) is 42.6 Å². The van der Waals surface area contributed by atoms with Crippen molar-refractivity contribution in [2.75, 3.05) is 11.9 Å². The number of anilines is 1. The van der Waals surface area contributed by atoms with Gasteiger partial charge in [0, 0.05) is 23.8 Å². The Morgan fingerprint density at radius 1 is 1.38 bits per heavy atom. The Bertz CT molecular complexity index is 540. The van der Waals surface area contributed by atoms with E-state index in [1.165, 1.54) is 0 Å². The molecule has 0 radical (unpaired) electrons. The van der Waals surface area contributed by atoms with E-state index in [4.69, 9.17) is 5.11 Å². The zero-order chi connectivity index (χ0) is 15.4. The van der Waals surface area contributed by atoms with Crippen LogP contribution >= 0.6 is 0 Å². The molecule has 1 unspecified atom stereocenters. The third-order valence-electron chi connectivity index (χ3n) is 3.82. The molecule has 0 aliphatic carbocycles. The molecule has 1 aromatic carbocycles. The van der Waals surface area contributed by atoms with Crippen molar-refractivity contribution in [3.05, 3.63) is 29.3 Å². The SMILES string of the molecule is CC(C)C(CC(=O)O)NC(=O)c1ccc2c(c1)CCCN2. The maximum atomic E-state index is 12.3. The molecule has 0 fully saturated rings. The Morgan fingerprint density at radius 2 is 2.14 bits per heavy atom. The minimum Gasteiger partial charge on any atom is -0.481 e. The number of carbonyl (C=O) groups is 2. The second-order valence-electron chi connectivity index (χ2n) is 5.82. The van der Waals surface area contributed by atoms with E-state index in [2.05, 4.69) is 10.6 Å². The van der Waals surface area contributed by atoms with Gasteiger partial charge >= 0.3 is 5.97 Å². The number of hydrogen-bond donors (Lipinski definition) is 3. The number of rotatable bonds is 5. The van der Waals surface area contributed by atoms with Gasteiger partial charge in [-0.2, -0.15) is 0 Å². The molecule has 1 atom stereocenters. The lowest BCUT2D eigenvalue weighted by atomic mass is 9.98. The molecule has 1 aliphatic rings. The zero-order valence-electron chi connectivity index (χ0n) is 12.5. The van der Waals surface area contributed by atoms with E-state index in [0.29, 0.717) is 5.56 Å². The van der Waals surface area contributed by atoms with Crippen molar-refractivity contribution in [2.45, 2.75) is 39.2 Å². The molecule has 1 aliphatic heterocycles. The van der Waals surface area contributed by atoms with E-state index in [9.17, 15) is 9.59 Å². The fraction of sp³-hybridized carbons (Fsp3) is 0.500. The van der Waals surface area contributed by atoms with Crippen molar-refractivity contribution in [1.29, 1.82) is 0 Å².